The fraction of sp³-hybridized carbons (Fsp3) is 0.0667. The molecule has 100 valence electrons. The first-order chi connectivity index (χ1) is 9.50. The molecule has 2 aromatic rings. The Kier molecular flexibility index (Phi) is 3.15. The summed E-state index contributed by atoms with van der Waals surface area (Å²) >= 11 is 9.55. The maximum atomic E-state index is 12.4. The number of anilines is 1. The van der Waals surface area contributed by atoms with E-state index in [9.17, 15) is 9.59 Å². The molecule has 0 spiro atoms. The summed E-state index contributed by atoms with van der Waals surface area (Å²) in [6.45, 7) is 1.82. The molecule has 0 aromatic heterocycles. The number of amides is 2. The zero-order valence-corrected chi connectivity index (χ0v) is 12.8. The summed E-state index contributed by atoms with van der Waals surface area (Å²) < 4.78 is 0.806. The minimum Gasteiger partial charge on any atom is -0.268 e. The maximum absolute atomic E-state index is 12.4. The third kappa shape index (κ3) is 1.87. The number of benzene rings is 2. The van der Waals surface area contributed by atoms with Crippen molar-refractivity contribution in [2.45, 2.75) is 6.92 Å². The zero-order valence-electron chi connectivity index (χ0n) is 10.5. The number of nitrogens with zero attached hydrogens (tertiary/aromatic N) is 1. The highest BCUT2D eigenvalue weighted by Gasteiger charge is 2.37. The van der Waals surface area contributed by atoms with E-state index in [4.69, 9.17) is 11.6 Å². The standard InChI is InChI=1S/C15H9BrClNO2/c1-8-6-9(16)7-12(17)13(8)18-14(19)10-4-2-3-5-11(10)15(18)20/h2-7H,1H3. The molecule has 0 fully saturated rings. The van der Waals surface area contributed by atoms with Crippen molar-refractivity contribution in [3.63, 3.8) is 0 Å². The van der Waals surface area contributed by atoms with E-state index in [2.05, 4.69) is 15.9 Å². The van der Waals surface area contributed by atoms with Crippen molar-refractivity contribution in [3.8, 4) is 0 Å². The maximum Gasteiger partial charge on any atom is 0.266 e. The van der Waals surface area contributed by atoms with Crippen molar-refractivity contribution in [3.05, 3.63) is 62.6 Å². The molecule has 2 aromatic carbocycles. The average molecular weight is 351 g/mol. The lowest BCUT2D eigenvalue weighted by atomic mass is 10.1. The Hall–Kier alpha value is -1.65. The molecule has 5 heteroatoms. The molecule has 0 saturated heterocycles. The second-order valence-electron chi connectivity index (χ2n) is 4.54. The van der Waals surface area contributed by atoms with Crippen LogP contribution < -0.4 is 4.90 Å². The molecule has 3 rings (SSSR count). The average Bonchev–Trinajstić information content (AvgIpc) is 2.64. The van der Waals surface area contributed by atoms with Crippen LogP contribution in [0, 0.1) is 6.92 Å². The molecule has 0 unspecified atom stereocenters. The molecule has 0 N–H and O–H groups in total. The van der Waals surface area contributed by atoms with Crippen LogP contribution in [-0.2, 0) is 0 Å². The van der Waals surface area contributed by atoms with E-state index in [1.54, 1.807) is 30.3 Å². The Morgan fingerprint density at radius 1 is 1.05 bits per heavy atom. The van der Waals surface area contributed by atoms with Crippen LogP contribution in [0.4, 0.5) is 5.69 Å². The van der Waals surface area contributed by atoms with Crippen LogP contribution in [0.3, 0.4) is 0 Å². The summed E-state index contributed by atoms with van der Waals surface area (Å²) in [7, 11) is 0. The van der Waals surface area contributed by atoms with Crippen LogP contribution in [0.25, 0.3) is 0 Å². The highest BCUT2D eigenvalue weighted by molar-refractivity contribution is 9.10. The van der Waals surface area contributed by atoms with Gasteiger partial charge in [-0.05, 0) is 36.8 Å². The van der Waals surface area contributed by atoms with Crippen LogP contribution in [0.2, 0.25) is 5.02 Å². The van der Waals surface area contributed by atoms with E-state index < -0.39 is 0 Å². The summed E-state index contributed by atoms with van der Waals surface area (Å²) in [4.78, 5) is 26.0. The Morgan fingerprint density at radius 2 is 1.60 bits per heavy atom. The van der Waals surface area contributed by atoms with Crippen LogP contribution in [0.5, 0.6) is 0 Å². The van der Waals surface area contributed by atoms with Gasteiger partial charge in [0, 0.05) is 4.47 Å². The third-order valence-electron chi connectivity index (χ3n) is 3.24. The molecule has 1 aliphatic rings. The highest BCUT2D eigenvalue weighted by Crippen LogP contribution is 2.37. The van der Waals surface area contributed by atoms with Gasteiger partial charge in [0.1, 0.15) is 0 Å². The largest absolute Gasteiger partial charge is 0.268 e. The number of halogens is 2. The van der Waals surface area contributed by atoms with Crippen LogP contribution >= 0.6 is 27.5 Å². The lowest BCUT2D eigenvalue weighted by Gasteiger charge is -2.18. The summed E-state index contributed by atoms with van der Waals surface area (Å²) in [6.07, 6.45) is 0. The summed E-state index contributed by atoms with van der Waals surface area (Å²) in [5, 5.41) is 0.367. The molecule has 0 radical (unpaired) electrons. The van der Waals surface area contributed by atoms with Gasteiger partial charge in [0.15, 0.2) is 0 Å². The van der Waals surface area contributed by atoms with E-state index in [-0.39, 0.29) is 11.8 Å². The summed E-state index contributed by atoms with van der Waals surface area (Å²) in [6, 6.07) is 10.3. The van der Waals surface area contributed by atoms with E-state index >= 15 is 0 Å². The molecule has 3 nitrogen and oxygen atoms in total. The van der Waals surface area contributed by atoms with E-state index in [0.717, 1.165) is 14.9 Å². The first-order valence-corrected chi connectivity index (χ1v) is 7.11. The first-order valence-electron chi connectivity index (χ1n) is 5.94. The Labute approximate surface area is 129 Å². The number of aryl methyl sites for hydroxylation is 1. The normalized spacial score (nSPS) is 13.8. The number of imide groups is 1. The molecule has 0 aliphatic carbocycles. The minimum atomic E-state index is -0.335. The van der Waals surface area contributed by atoms with Crippen molar-refractivity contribution in [1.82, 2.24) is 0 Å². The fourth-order valence-electron chi connectivity index (χ4n) is 2.37. The molecule has 0 saturated carbocycles. The lowest BCUT2D eigenvalue weighted by Crippen LogP contribution is -2.30. The quantitative estimate of drug-likeness (QED) is 0.722. The van der Waals surface area contributed by atoms with Crippen molar-refractivity contribution < 1.29 is 9.59 Å². The molecule has 1 heterocycles. The van der Waals surface area contributed by atoms with Crippen molar-refractivity contribution in [1.29, 1.82) is 0 Å². The van der Waals surface area contributed by atoms with Gasteiger partial charge in [0.2, 0.25) is 0 Å². The van der Waals surface area contributed by atoms with Gasteiger partial charge < -0.3 is 0 Å². The topological polar surface area (TPSA) is 37.4 Å². The second kappa shape index (κ2) is 4.72. The van der Waals surface area contributed by atoms with Gasteiger partial charge in [-0.1, -0.05) is 39.7 Å². The molecular formula is C15H9BrClNO2. The van der Waals surface area contributed by atoms with Gasteiger partial charge in [-0.2, -0.15) is 0 Å². The number of rotatable bonds is 1. The van der Waals surface area contributed by atoms with Gasteiger partial charge in [0.25, 0.3) is 11.8 Å². The Balaban J connectivity index is 2.19. The molecule has 1 aliphatic heterocycles. The number of hydrogen-bond acceptors (Lipinski definition) is 2. The number of carbonyl (C=O) groups is 2. The zero-order chi connectivity index (χ0) is 14.4. The second-order valence-corrected chi connectivity index (χ2v) is 5.87. The number of hydrogen-bond donors (Lipinski definition) is 0. The third-order valence-corrected chi connectivity index (χ3v) is 3.98. The number of carbonyl (C=O) groups excluding carboxylic acids is 2. The van der Waals surface area contributed by atoms with Gasteiger partial charge in [-0.3, -0.25) is 9.59 Å². The van der Waals surface area contributed by atoms with E-state index in [1.807, 2.05) is 13.0 Å². The van der Waals surface area contributed by atoms with Crippen LogP contribution in [0.1, 0.15) is 26.3 Å². The summed E-state index contributed by atoms with van der Waals surface area (Å²) in [5.41, 5.74) is 2.03. The SMILES string of the molecule is Cc1cc(Br)cc(Cl)c1N1C(=O)c2ccccc2C1=O. The molecule has 0 atom stereocenters. The molecule has 20 heavy (non-hydrogen) atoms. The smallest absolute Gasteiger partial charge is 0.266 e. The van der Waals surface area contributed by atoms with Crippen molar-refractivity contribution >= 4 is 45.0 Å². The van der Waals surface area contributed by atoms with Crippen molar-refractivity contribution in [2.24, 2.45) is 0 Å². The Bertz CT molecular complexity index is 699. The monoisotopic (exact) mass is 349 g/mol. The van der Waals surface area contributed by atoms with Gasteiger partial charge in [-0.15, -0.1) is 0 Å². The predicted octanol–water partition coefficient (Wildman–Crippen LogP) is 4.21. The minimum absolute atomic E-state index is 0.335. The number of fused-ring (bicyclic) bond motifs is 1. The van der Waals surface area contributed by atoms with E-state index in [0.29, 0.717) is 21.8 Å². The predicted molar refractivity (Wildman–Crippen MR) is 81.5 cm³/mol. The fourth-order valence-corrected chi connectivity index (χ4v) is 3.43. The van der Waals surface area contributed by atoms with Crippen molar-refractivity contribution in [2.75, 3.05) is 4.90 Å². The lowest BCUT2D eigenvalue weighted by molar-refractivity contribution is 0.0926. The van der Waals surface area contributed by atoms with Gasteiger partial charge in [-0.25, -0.2) is 4.90 Å². The first kappa shape index (κ1) is 13.3. The molecule has 2 amide bonds. The Morgan fingerprint density at radius 3 is 2.10 bits per heavy atom. The van der Waals surface area contributed by atoms with Crippen LogP contribution in [0.15, 0.2) is 40.9 Å². The molecule has 0 bridgehead atoms. The molecular weight excluding hydrogens is 342 g/mol. The van der Waals surface area contributed by atoms with Gasteiger partial charge >= 0.3 is 0 Å². The van der Waals surface area contributed by atoms with Crippen LogP contribution in [-0.4, -0.2) is 11.8 Å². The summed E-state index contributed by atoms with van der Waals surface area (Å²) in [5.74, 6) is -0.671. The highest BCUT2D eigenvalue weighted by atomic mass is 79.9. The van der Waals surface area contributed by atoms with Gasteiger partial charge in [0.05, 0.1) is 21.8 Å². The van der Waals surface area contributed by atoms with E-state index in [1.165, 1.54) is 0 Å².